The monoisotopic (exact) mass is 394 g/mol. The summed E-state index contributed by atoms with van der Waals surface area (Å²) in [7, 11) is 0. The predicted molar refractivity (Wildman–Crippen MR) is 122 cm³/mol. The zero-order valence-electron chi connectivity index (χ0n) is 20.8. The zero-order chi connectivity index (χ0) is 21.4. The van der Waals surface area contributed by atoms with E-state index in [-0.39, 0.29) is 11.1 Å². The lowest BCUT2D eigenvalue weighted by atomic mass is 9.67. The number of ether oxygens (including phenoxy) is 1. The van der Waals surface area contributed by atoms with Gasteiger partial charge in [0.2, 0.25) is 0 Å². The molecule has 2 aliphatic heterocycles. The first-order valence-corrected chi connectivity index (χ1v) is 11.8. The van der Waals surface area contributed by atoms with Gasteiger partial charge in [0, 0.05) is 24.2 Å². The molecule has 2 rings (SSSR count). The molecule has 0 unspecified atom stereocenters. The van der Waals surface area contributed by atoms with Crippen molar-refractivity contribution in [2.24, 2.45) is 11.3 Å². The van der Waals surface area contributed by atoms with Crippen molar-refractivity contribution in [1.29, 1.82) is 0 Å². The molecule has 0 aliphatic carbocycles. The van der Waals surface area contributed by atoms with Crippen molar-refractivity contribution in [1.82, 2.24) is 9.80 Å². The van der Waals surface area contributed by atoms with Crippen LogP contribution >= 0.6 is 0 Å². The van der Waals surface area contributed by atoms with Crippen LogP contribution in [0.1, 0.15) is 101 Å². The van der Waals surface area contributed by atoms with Crippen molar-refractivity contribution < 1.29 is 4.74 Å². The van der Waals surface area contributed by atoms with E-state index in [0.29, 0.717) is 17.1 Å². The minimum Gasteiger partial charge on any atom is -0.373 e. The predicted octanol–water partition coefficient (Wildman–Crippen LogP) is 5.97. The number of piperidine rings is 2. The molecule has 2 heterocycles. The second-order valence-electron chi connectivity index (χ2n) is 12.8. The van der Waals surface area contributed by atoms with Crippen LogP contribution in [0.3, 0.4) is 0 Å². The smallest absolute Gasteiger partial charge is 0.0606 e. The summed E-state index contributed by atoms with van der Waals surface area (Å²) in [4.78, 5) is 5.41. The van der Waals surface area contributed by atoms with Gasteiger partial charge in [-0.15, -0.1) is 0 Å². The van der Waals surface area contributed by atoms with Gasteiger partial charge in [0.05, 0.1) is 11.7 Å². The van der Waals surface area contributed by atoms with Gasteiger partial charge in [0.15, 0.2) is 0 Å². The highest BCUT2D eigenvalue weighted by atomic mass is 16.5. The van der Waals surface area contributed by atoms with E-state index in [1.807, 2.05) is 0 Å². The number of rotatable bonds is 5. The van der Waals surface area contributed by atoms with Crippen LogP contribution in [0.5, 0.6) is 0 Å². The van der Waals surface area contributed by atoms with E-state index in [2.05, 4.69) is 79.0 Å². The Morgan fingerprint density at radius 1 is 0.679 bits per heavy atom. The lowest BCUT2D eigenvalue weighted by molar-refractivity contribution is -0.0945. The van der Waals surface area contributed by atoms with Gasteiger partial charge in [-0.1, -0.05) is 13.8 Å². The Kier molecular flexibility index (Phi) is 7.38. The molecule has 0 aromatic rings. The summed E-state index contributed by atoms with van der Waals surface area (Å²) in [6.07, 6.45) is 6.76. The lowest BCUT2D eigenvalue weighted by Crippen LogP contribution is -2.53. The summed E-state index contributed by atoms with van der Waals surface area (Å²) in [5.41, 5.74) is 0.948. The number of hydrogen-bond acceptors (Lipinski definition) is 3. The molecule has 0 N–H and O–H groups in total. The van der Waals surface area contributed by atoms with Crippen LogP contribution in [0, 0.1) is 11.3 Å². The van der Waals surface area contributed by atoms with Gasteiger partial charge in [-0.2, -0.15) is 0 Å². The van der Waals surface area contributed by atoms with Gasteiger partial charge in [-0.25, -0.2) is 0 Å². The first kappa shape index (κ1) is 24.2. The molecule has 0 radical (unpaired) electrons. The van der Waals surface area contributed by atoms with E-state index >= 15 is 0 Å². The van der Waals surface area contributed by atoms with Crippen molar-refractivity contribution in [2.75, 3.05) is 26.2 Å². The summed E-state index contributed by atoms with van der Waals surface area (Å²) in [6, 6.07) is 0. The molecule has 2 aliphatic rings. The Morgan fingerprint density at radius 2 is 1.14 bits per heavy atom. The molecule has 3 heteroatoms. The molecule has 0 saturated carbocycles. The molecule has 0 aromatic heterocycles. The molecule has 3 nitrogen and oxygen atoms in total. The second-order valence-corrected chi connectivity index (χ2v) is 12.8. The van der Waals surface area contributed by atoms with E-state index in [9.17, 15) is 0 Å². The quantitative estimate of drug-likeness (QED) is 0.571. The summed E-state index contributed by atoms with van der Waals surface area (Å²) < 4.78 is 6.24. The maximum Gasteiger partial charge on any atom is 0.0606 e. The van der Waals surface area contributed by atoms with Gasteiger partial charge >= 0.3 is 0 Å². The van der Waals surface area contributed by atoms with Gasteiger partial charge in [-0.05, 0) is 112 Å². The highest BCUT2D eigenvalue weighted by molar-refractivity contribution is 4.95. The van der Waals surface area contributed by atoms with E-state index < -0.39 is 0 Å². The van der Waals surface area contributed by atoms with Crippen molar-refractivity contribution >= 4 is 0 Å². The third-order valence-corrected chi connectivity index (χ3v) is 7.26. The summed E-state index contributed by atoms with van der Waals surface area (Å²) in [5.74, 6) is 0.840. The molecule has 0 spiro atoms. The van der Waals surface area contributed by atoms with Crippen LogP contribution in [0.15, 0.2) is 0 Å². The van der Waals surface area contributed by atoms with Crippen LogP contribution in [-0.2, 0) is 4.74 Å². The fourth-order valence-corrected chi connectivity index (χ4v) is 5.78. The molecule has 0 amide bonds. The largest absolute Gasteiger partial charge is 0.373 e. The molecule has 166 valence electrons. The van der Waals surface area contributed by atoms with Crippen LogP contribution in [-0.4, -0.2) is 58.8 Å². The first-order chi connectivity index (χ1) is 12.6. The molecule has 0 aromatic carbocycles. The molecule has 0 bridgehead atoms. The molecular weight excluding hydrogens is 344 g/mol. The van der Waals surface area contributed by atoms with Crippen LogP contribution in [0.25, 0.3) is 0 Å². The molecule has 0 atom stereocenters. The maximum atomic E-state index is 6.24. The third kappa shape index (κ3) is 6.71. The highest BCUT2D eigenvalue weighted by Gasteiger charge is 2.41. The first-order valence-electron chi connectivity index (χ1n) is 11.8. The Hall–Kier alpha value is -0.120. The van der Waals surface area contributed by atoms with Gasteiger partial charge in [-0.3, -0.25) is 9.80 Å². The lowest BCUT2D eigenvalue weighted by Gasteiger charge is -2.50. The minimum atomic E-state index is -0.0216. The van der Waals surface area contributed by atoms with Crippen molar-refractivity contribution in [3.8, 4) is 0 Å². The number of hydrogen-bond donors (Lipinski definition) is 0. The molecule has 2 fully saturated rings. The average molecular weight is 395 g/mol. The fourth-order valence-electron chi connectivity index (χ4n) is 5.78. The molecule has 28 heavy (non-hydrogen) atoms. The molecule has 2 saturated heterocycles. The van der Waals surface area contributed by atoms with Gasteiger partial charge in [0.25, 0.3) is 0 Å². The van der Waals surface area contributed by atoms with Gasteiger partial charge < -0.3 is 4.74 Å². The zero-order valence-corrected chi connectivity index (χ0v) is 20.8. The minimum absolute atomic E-state index is 0.0216. The maximum absolute atomic E-state index is 6.24. The van der Waals surface area contributed by atoms with Crippen LogP contribution in [0.4, 0.5) is 0 Å². The van der Waals surface area contributed by atoms with E-state index in [0.717, 1.165) is 5.92 Å². The van der Waals surface area contributed by atoms with E-state index in [4.69, 9.17) is 4.74 Å². The second kappa shape index (κ2) is 8.55. The van der Waals surface area contributed by atoms with Crippen LogP contribution in [0.2, 0.25) is 0 Å². The van der Waals surface area contributed by atoms with Crippen molar-refractivity contribution in [3.63, 3.8) is 0 Å². The van der Waals surface area contributed by atoms with Crippen molar-refractivity contribution in [2.45, 2.75) is 124 Å². The SMILES string of the molecule is CC(C)(C)OC1CCN(C(C)(C)CC(C)(C)C2CCN(C(C)(C)C)CC2)CC1. The van der Waals surface area contributed by atoms with E-state index in [1.54, 1.807) is 0 Å². The normalized spacial score (nSPS) is 23.4. The highest BCUT2D eigenvalue weighted by Crippen LogP contribution is 2.43. The van der Waals surface area contributed by atoms with Gasteiger partial charge in [0.1, 0.15) is 0 Å². The fraction of sp³-hybridized carbons (Fsp3) is 1.00. The molecular formula is C25H50N2O. The summed E-state index contributed by atoms with van der Waals surface area (Å²) in [6.45, 7) is 28.5. The van der Waals surface area contributed by atoms with Crippen LogP contribution < -0.4 is 0 Å². The Bertz CT molecular complexity index is 482. The Morgan fingerprint density at radius 3 is 1.57 bits per heavy atom. The van der Waals surface area contributed by atoms with Crippen molar-refractivity contribution in [3.05, 3.63) is 0 Å². The Labute approximate surface area is 176 Å². The number of likely N-dealkylation sites (tertiary alicyclic amines) is 2. The Balaban J connectivity index is 1.89. The number of nitrogens with zero attached hydrogens (tertiary/aromatic N) is 2. The summed E-state index contributed by atoms with van der Waals surface area (Å²) >= 11 is 0. The average Bonchev–Trinajstić information content (AvgIpc) is 2.52. The standard InChI is InChI=1S/C25H50N2O/c1-22(2,3)26-15-11-20(12-16-26)24(7,8)19-25(9,10)27-17-13-21(14-18-27)28-23(4,5)6/h20-21H,11-19H2,1-10H3. The topological polar surface area (TPSA) is 15.7 Å². The van der Waals surface area contributed by atoms with E-state index in [1.165, 1.54) is 58.3 Å². The summed E-state index contributed by atoms with van der Waals surface area (Å²) in [5, 5.41) is 0. The third-order valence-electron chi connectivity index (χ3n) is 7.26.